The summed E-state index contributed by atoms with van der Waals surface area (Å²) in [6.45, 7) is 4.48. The second-order valence-electron chi connectivity index (χ2n) is 6.28. The number of aliphatic carboxylic acids is 1. The van der Waals surface area contributed by atoms with Crippen molar-refractivity contribution in [2.45, 2.75) is 57.5 Å². The summed E-state index contributed by atoms with van der Waals surface area (Å²) in [5.41, 5.74) is 0. The molecule has 0 aromatic carbocycles. The molecule has 3 unspecified atom stereocenters. The molecule has 0 aromatic rings. The predicted octanol–water partition coefficient (Wildman–Crippen LogP) is 1.41. The lowest BCUT2D eigenvalue weighted by atomic mass is 9.99. The largest absolute Gasteiger partial charge is 0.481 e. The number of carbonyl (C=O) groups is 2. The Bertz CT molecular complexity index is 375. The molecule has 21 heavy (non-hydrogen) atoms. The highest BCUT2D eigenvalue weighted by atomic mass is 16.4. The third kappa shape index (κ3) is 4.59. The van der Waals surface area contributed by atoms with E-state index in [0.717, 1.165) is 19.5 Å². The molecule has 3 atom stereocenters. The fraction of sp³-hybridized carbons (Fsp3) is 0.867. The van der Waals surface area contributed by atoms with E-state index < -0.39 is 5.97 Å². The van der Waals surface area contributed by atoms with Gasteiger partial charge in [-0.05, 0) is 38.6 Å². The van der Waals surface area contributed by atoms with Gasteiger partial charge in [0.2, 0.25) is 0 Å². The molecule has 2 heterocycles. The molecule has 0 bridgehead atoms. The summed E-state index contributed by atoms with van der Waals surface area (Å²) in [6.07, 6.45) is 6.04. The number of carboxylic acid groups (broad SMARTS) is 1. The van der Waals surface area contributed by atoms with Gasteiger partial charge in [0.05, 0.1) is 5.92 Å². The first-order valence-electron chi connectivity index (χ1n) is 8.09. The summed E-state index contributed by atoms with van der Waals surface area (Å²) in [4.78, 5) is 25.1. The van der Waals surface area contributed by atoms with Gasteiger partial charge in [-0.25, -0.2) is 4.79 Å². The number of carbonyl (C=O) groups excluding carboxylic acids is 1. The summed E-state index contributed by atoms with van der Waals surface area (Å²) >= 11 is 0. The fourth-order valence-electron chi connectivity index (χ4n) is 3.37. The van der Waals surface area contributed by atoms with Gasteiger partial charge in [0.15, 0.2) is 0 Å². The molecule has 0 aromatic heterocycles. The molecule has 0 saturated carbocycles. The van der Waals surface area contributed by atoms with Gasteiger partial charge < -0.3 is 15.7 Å². The van der Waals surface area contributed by atoms with E-state index in [2.05, 4.69) is 15.5 Å². The quantitative estimate of drug-likeness (QED) is 0.648. The summed E-state index contributed by atoms with van der Waals surface area (Å²) in [5.74, 6) is -1.12. The molecule has 0 spiro atoms. The molecule has 6 heteroatoms. The van der Waals surface area contributed by atoms with E-state index in [4.69, 9.17) is 5.11 Å². The zero-order chi connectivity index (χ0) is 15.2. The number of fused-ring (bicyclic) bond motifs is 1. The molecule has 0 aliphatic carbocycles. The number of carboxylic acids is 1. The summed E-state index contributed by atoms with van der Waals surface area (Å²) in [5, 5.41) is 14.7. The number of hydrogen-bond donors (Lipinski definition) is 3. The number of nitrogens with one attached hydrogen (secondary N) is 2. The minimum Gasteiger partial charge on any atom is -0.481 e. The Morgan fingerprint density at radius 3 is 2.86 bits per heavy atom. The Hall–Kier alpha value is -1.30. The third-order valence-corrected chi connectivity index (χ3v) is 4.69. The molecule has 2 saturated heterocycles. The lowest BCUT2D eigenvalue weighted by Gasteiger charge is -2.32. The van der Waals surface area contributed by atoms with Crippen LogP contribution in [0.2, 0.25) is 0 Å². The predicted molar refractivity (Wildman–Crippen MR) is 80.2 cm³/mol. The lowest BCUT2D eigenvalue weighted by molar-refractivity contribution is -0.141. The third-order valence-electron chi connectivity index (χ3n) is 4.69. The minimum absolute atomic E-state index is 0.115. The van der Waals surface area contributed by atoms with E-state index in [9.17, 15) is 9.59 Å². The topological polar surface area (TPSA) is 81.7 Å². The molecular weight excluding hydrogens is 270 g/mol. The first-order chi connectivity index (χ1) is 10.1. The summed E-state index contributed by atoms with van der Waals surface area (Å²) < 4.78 is 0. The van der Waals surface area contributed by atoms with E-state index in [1.807, 2.05) is 0 Å². The highest BCUT2D eigenvalue weighted by Crippen LogP contribution is 2.26. The molecule has 120 valence electrons. The zero-order valence-corrected chi connectivity index (χ0v) is 12.8. The Morgan fingerprint density at radius 1 is 1.29 bits per heavy atom. The standard InChI is InChI=1S/C15H27N3O3/c1-11(14(19)20)5-4-8-16-15(21)17-12-7-10-18-9-3-2-6-13(12)18/h11-13H,2-10H2,1H3,(H,19,20)(H2,16,17,21). The average Bonchev–Trinajstić information content (AvgIpc) is 2.86. The van der Waals surface area contributed by atoms with Crippen molar-refractivity contribution in [3.05, 3.63) is 0 Å². The minimum atomic E-state index is -0.775. The normalized spacial score (nSPS) is 26.9. The highest BCUT2D eigenvalue weighted by Gasteiger charge is 2.36. The van der Waals surface area contributed by atoms with Crippen molar-refractivity contribution in [3.8, 4) is 0 Å². The van der Waals surface area contributed by atoms with Crippen LogP contribution in [0.4, 0.5) is 4.79 Å². The van der Waals surface area contributed by atoms with E-state index in [-0.39, 0.29) is 18.0 Å². The smallest absolute Gasteiger partial charge is 0.315 e. The van der Waals surface area contributed by atoms with Crippen molar-refractivity contribution in [2.24, 2.45) is 5.92 Å². The van der Waals surface area contributed by atoms with Crippen LogP contribution in [0.1, 0.15) is 45.4 Å². The van der Waals surface area contributed by atoms with Crippen LogP contribution in [0.25, 0.3) is 0 Å². The van der Waals surface area contributed by atoms with Crippen molar-refractivity contribution in [1.29, 1.82) is 0 Å². The number of urea groups is 1. The molecule has 2 rings (SSSR count). The molecule has 2 aliphatic rings. The first kappa shape index (κ1) is 16.1. The fourth-order valence-corrected chi connectivity index (χ4v) is 3.37. The first-order valence-corrected chi connectivity index (χ1v) is 8.09. The summed E-state index contributed by atoms with van der Waals surface area (Å²) in [6, 6.07) is 0.662. The highest BCUT2D eigenvalue weighted by molar-refractivity contribution is 5.74. The molecular formula is C15H27N3O3. The van der Waals surface area contributed by atoms with Crippen molar-refractivity contribution >= 4 is 12.0 Å². The maximum Gasteiger partial charge on any atom is 0.315 e. The van der Waals surface area contributed by atoms with Gasteiger partial charge in [0.25, 0.3) is 0 Å². The maximum atomic E-state index is 11.9. The number of nitrogens with zero attached hydrogens (tertiary/aromatic N) is 1. The molecule has 3 N–H and O–H groups in total. The van der Waals surface area contributed by atoms with Gasteiger partial charge >= 0.3 is 12.0 Å². The molecule has 6 nitrogen and oxygen atoms in total. The molecule has 2 fully saturated rings. The van der Waals surface area contributed by atoms with Crippen LogP contribution < -0.4 is 10.6 Å². The van der Waals surface area contributed by atoms with Crippen LogP contribution in [0.5, 0.6) is 0 Å². The summed E-state index contributed by atoms with van der Waals surface area (Å²) in [7, 11) is 0. The van der Waals surface area contributed by atoms with Crippen molar-refractivity contribution < 1.29 is 14.7 Å². The number of piperidine rings is 1. The van der Waals surface area contributed by atoms with Crippen LogP contribution >= 0.6 is 0 Å². The second-order valence-corrected chi connectivity index (χ2v) is 6.28. The maximum absolute atomic E-state index is 11.9. The number of amides is 2. The number of hydrogen-bond acceptors (Lipinski definition) is 3. The van der Waals surface area contributed by atoms with Crippen molar-refractivity contribution in [2.75, 3.05) is 19.6 Å². The van der Waals surface area contributed by atoms with E-state index in [1.165, 1.54) is 19.3 Å². The Kier molecular flexibility index (Phi) is 5.85. The van der Waals surface area contributed by atoms with Gasteiger partial charge in [-0.15, -0.1) is 0 Å². The van der Waals surface area contributed by atoms with Crippen LogP contribution in [0.3, 0.4) is 0 Å². The lowest BCUT2D eigenvalue weighted by Crippen LogP contribution is -2.49. The monoisotopic (exact) mass is 297 g/mol. The van der Waals surface area contributed by atoms with Crippen molar-refractivity contribution in [3.63, 3.8) is 0 Å². The van der Waals surface area contributed by atoms with Gasteiger partial charge in [-0.3, -0.25) is 9.69 Å². The molecule has 2 aliphatic heterocycles. The van der Waals surface area contributed by atoms with Gasteiger partial charge in [-0.1, -0.05) is 13.3 Å². The zero-order valence-electron chi connectivity index (χ0n) is 12.8. The second kappa shape index (κ2) is 7.64. The SMILES string of the molecule is CC(CCCNC(=O)NC1CCN2CCCCC12)C(=O)O. The van der Waals surface area contributed by atoms with E-state index >= 15 is 0 Å². The average molecular weight is 297 g/mol. The Balaban J connectivity index is 1.62. The van der Waals surface area contributed by atoms with E-state index in [1.54, 1.807) is 6.92 Å². The van der Waals surface area contributed by atoms with Crippen LogP contribution in [0.15, 0.2) is 0 Å². The molecule has 2 amide bonds. The van der Waals surface area contributed by atoms with Gasteiger partial charge in [0.1, 0.15) is 0 Å². The van der Waals surface area contributed by atoms with Crippen LogP contribution in [-0.2, 0) is 4.79 Å². The van der Waals surface area contributed by atoms with Crippen LogP contribution in [-0.4, -0.2) is 53.7 Å². The van der Waals surface area contributed by atoms with Crippen LogP contribution in [0, 0.1) is 5.92 Å². The van der Waals surface area contributed by atoms with Gasteiger partial charge in [-0.2, -0.15) is 0 Å². The molecule has 0 radical (unpaired) electrons. The Morgan fingerprint density at radius 2 is 2.10 bits per heavy atom. The number of rotatable bonds is 6. The van der Waals surface area contributed by atoms with Crippen molar-refractivity contribution in [1.82, 2.24) is 15.5 Å². The Labute approximate surface area is 126 Å². The van der Waals surface area contributed by atoms with E-state index in [0.29, 0.717) is 25.4 Å². The van der Waals surface area contributed by atoms with Gasteiger partial charge in [0, 0.05) is 25.2 Å².